The van der Waals surface area contributed by atoms with Gasteiger partial charge in [0, 0.05) is 18.7 Å². The molecule has 0 bridgehead atoms. The number of fused-ring (bicyclic) bond motifs is 1. The zero-order chi connectivity index (χ0) is 16.7. The molecule has 0 spiro atoms. The van der Waals surface area contributed by atoms with Crippen molar-refractivity contribution in [2.24, 2.45) is 5.92 Å². The van der Waals surface area contributed by atoms with Crippen molar-refractivity contribution < 1.29 is 14.7 Å². The average molecular weight is 318 g/mol. The smallest absolute Gasteiger partial charge is 0.303 e. The Morgan fingerprint density at radius 3 is 3.13 bits per heavy atom. The molecule has 0 saturated heterocycles. The molecule has 0 saturated carbocycles. The van der Waals surface area contributed by atoms with E-state index in [0.29, 0.717) is 25.4 Å². The lowest BCUT2D eigenvalue weighted by Crippen LogP contribution is -2.32. The van der Waals surface area contributed by atoms with Gasteiger partial charge in [0.25, 0.3) is 0 Å². The summed E-state index contributed by atoms with van der Waals surface area (Å²) < 4.78 is 0. The number of carbonyl (C=O) groups is 1. The van der Waals surface area contributed by atoms with E-state index >= 15 is 0 Å². The standard InChI is InChI=1S/C18H26N2O3/c1-3-6-14(2)13-23-20-12-5-7-15-10-11-16(19-18(15)20)8-4-9-17(21)22/h3,10-11,14H,1,4-9,12-13H2,2H3,(H,21,22). The van der Waals surface area contributed by atoms with Gasteiger partial charge in [-0.25, -0.2) is 10.0 Å². The largest absolute Gasteiger partial charge is 0.481 e. The number of allylic oxidation sites excluding steroid dienone is 1. The number of carboxylic acid groups (broad SMARTS) is 1. The van der Waals surface area contributed by atoms with Gasteiger partial charge in [0.1, 0.15) is 0 Å². The zero-order valence-corrected chi connectivity index (χ0v) is 13.8. The predicted octanol–water partition coefficient (Wildman–Crippen LogP) is 3.39. The first-order chi connectivity index (χ1) is 11.1. The molecule has 1 aromatic rings. The molecule has 0 amide bonds. The molecular weight excluding hydrogens is 292 g/mol. The quantitative estimate of drug-likeness (QED) is 0.707. The van der Waals surface area contributed by atoms with Crippen molar-refractivity contribution in [3.63, 3.8) is 0 Å². The number of hydrogen-bond acceptors (Lipinski definition) is 4. The van der Waals surface area contributed by atoms with Crippen molar-refractivity contribution in [1.82, 2.24) is 4.98 Å². The molecule has 0 radical (unpaired) electrons. The molecule has 0 aromatic carbocycles. The summed E-state index contributed by atoms with van der Waals surface area (Å²) in [6, 6.07) is 4.10. The second kappa shape index (κ2) is 8.67. The number of hydroxylamine groups is 1. The molecular formula is C18H26N2O3. The van der Waals surface area contributed by atoms with Gasteiger partial charge in [0.15, 0.2) is 5.82 Å². The van der Waals surface area contributed by atoms with Crippen molar-refractivity contribution in [2.75, 3.05) is 18.2 Å². The van der Waals surface area contributed by atoms with Crippen molar-refractivity contribution in [3.8, 4) is 0 Å². The fraction of sp³-hybridized carbons (Fsp3) is 0.556. The van der Waals surface area contributed by atoms with E-state index in [0.717, 1.165) is 37.3 Å². The Morgan fingerprint density at radius 2 is 2.39 bits per heavy atom. The van der Waals surface area contributed by atoms with Gasteiger partial charge in [-0.3, -0.25) is 9.63 Å². The van der Waals surface area contributed by atoms with Gasteiger partial charge < -0.3 is 5.11 Å². The molecule has 0 aliphatic carbocycles. The van der Waals surface area contributed by atoms with E-state index in [2.05, 4.69) is 19.6 Å². The summed E-state index contributed by atoms with van der Waals surface area (Å²) in [5.74, 6) is 0.565. The fourth-order valence-electron chi connectivity index (χ4n) is 2.70. The topological polar surface area (TPSA) is 62.7 Å². The van der Waals surface area contributed by atoms with E-state index in [1.54, 1.807) is 0 Å². The lowest BCUT2D eigenvalue weighted by atomic mass is 10.1. The number of nitrogens with zero attached hydrogens (tertiary/aromatic N) is 2. The van der Waals surface area contributed by atoms with Crippen LogP contribution >= 0.6 is 0 Å². The van der Waals surface area contributed by atoms with Gasteiger partial charge in [0.2, 0.25) is 0 Å². The van der Waals surface area contributed by atoms with E-state index in [1.807, 2.05) is 17.2 Å². The van der Waals surface area contributed by atoms with Crippen LogP contribution in [-0.4, -0.2) is 29.2 Å². The third-order valence-electron chi connectivity index (χ3n) is 3.96. The Bertz CT molecular complexity index is 545. The highest BCUT2D eigenvalue weighted by Crippen LogP contribution is 2.26. The summed E-state index contributed by atoms with van der Waals surface area (Å²) in [7, 11) is 0. The summed E-state index contributed by atoms with van der Waals surface area (Å²) in [6.45, 7) is 7.40. The molecule has 1 aliphatic heterocycles. The highest BCUT2D eigenvalue weighted by Gasteiger charge is 2.20. The van der Waals surface area contributed by atoms with Crippen molar-refractivity contribution in [2.45, 2.75) is 45.4 Å². The number of anilines is 1. The van der Waals surface area contributed by atoms with Gasteiger partial charge in [-0.1, -0.05) is 19.1 Å². The summed E-state index contributed by atoms with van der Waals surface area (Å²) in [4.78, 5) is 21.3. The maximum atomic E-state index is 10.6. The second-order valence-corrected chi connectivity index (χ2v) is 6.16. The normalized spacial score (nSPS) is 15.1. The Hall–Kier alpha value is -1.88. The minimum atomic E-state index is -0.760. The number of pyridine rings is 1. The monoisotopic (exact) mass is 318 g/mol. The SMILES string of the molecule is C=CCC(C)CON1CCCc2ccc(CCCC(=O)O)nc21. The summed E-state index contributed by atoms with van der Waals surface area (Å²) in [5.41, 5.74) is 2.13. The molecule has 1 unspecified atom stereocenters. The van der Waals surface area contributed by atoms with Crippen molar-refractivity contribution in [3.05, 3.63) is 36.0 Å². The van der Waals surface area contributed by atoms with E-state index < -0.39 is 5.97 Å². The number of hydrogen-bond donors (Lipinski definition) is 1. The molecule has 1 aromatic heterocycles. The average Bonchev–Trinajstić information content (AvgIpc) is 2.53. The molecule has 0 fully saturated rings. The first-order valence-corrected chi connectivity index (χ1v) is 8.32. The van der Waals surface area contributed by atoms with Crippen LogP contribution in [0.5, 0.6) is 0 Å². The molecule has 1 atom stereocenters. The molecule has 5 heteroatoms. The first kappa shape index (κ1) is 17.5. The van der Waals surface area contributed by atoms with Gasteiger partial charge in [-0.05, 0) is 49.7 Å². The van der Waals surface area contributed by atoms with E-state index in [9.17, 15) is 4.79 Å². The molecule has 23 heavy (non-hydrogen) atoms. The highest BCUT2D eigenvalue weighted by atomic mass is 16.7. The summed E-state index contributed by atoms with van der Waals surface area (Å²) >= 11 is 0. The van der Waals surface area contributed by atoms with Crippen LogP contribution in [0.4, 0.5) is 5.82 Å². The first-order valence-electron chi connectivity index (χ1n) is 8.32. The number of aliphatic carboxylic acids is 1. The molecule has 5 nitrogen and oxygen atoms in total. The zero-order valence-electron chi connectivity index (χ0n) is 13.8. The lowest BCUT2D eigenvalue weighted by Gasteiger charge is -2.30. The third-order valence-corrected chi connectivity index (χ3v) is 3.96. The van der Waals surface area contributed by atoms with Crippen molar-refractivity contribution >= 4 is 11.8 Å². The highest BCUT2D eigenvalue weighted by molar-refractivity contribution is 5.66. The minimum Gasteiger partial charge on any atom is -0.481 e. The molecule has 1 N–H and O–H groups in total. The van der Waals surface area contributed by atoms with Crippen LogP contribution in [0, 0.1) is 5.92 Å². The predicted molar refractivity (Wildman–Crippen MR) is 90.4 cm³/mol. The number of aryl methyl sites for hydroxylation is 2. The van der Waals surface area contributed by atoms with E-state index in [-0.39, 0.29) is 6.42 Å². The number of rotatable bonds is 9. The third kappa shape index (κ3) is 5.36. The number of aromatic nitrogens is 1. The van der Waals surface area contributed by atoms with Gasteiger partial charge in [-0.2, -0.15) is 0 Å². The maximum Gasteiger partial charge on any atom is 0.303 e. The summed E-state index contributed by atoms with van der Waals surface area (Å²) in [6.07, 6.45) is 6.39. The Balaban J connectivity index is 2.00. The molecule has 2 rings (SSSR count). The van der Waals surface area contributed by atoms with E-state index in [1.165, 1.54) is 5.56 Å². The second-order valence-electron chi connectivity index (χ2n) is 6.16. The van der Waals surface area contributed by atoms with Crippen LogP contribution in [0.15, 0.2) is 24.8 Å². The Labute approximate surface area is 137 Å². The van der Waals surface area contributed by atoms with E-state index in [4.69, 9.17) is 14.9 Å². The Morgan fingerprint density at radius 1 is 1.57 bits per heavy atom. The number of carboxylic acids is 1. The van der Waals surface area contributed by atoms with Crippen LogP contribution in [-0.2, 0) is 22.5 Å². The van der Waals surface area contributed by atoms with Gasteiger partial charge in [0.05, 0.1) is 6.61 Å². The van der Waals surface area contributed by atoms with Gasteiger partial charge >= 0.3 is 5.97 Å². The minimum absolute atomic E-state index is 0.179. The van der Waals surface area contributed by atoms with Crippen LogP contribution in [0.1, 0.15) is 43.9 Å². The maximum absolute atomic E-state index is 10.6. The molecule has 2 heterocycles. The molecule has 1 aliphatic rings. The molecule has 126 valence electrons. The summed E-state index contributed by atoms with van der Waals surface area (Å²) in [5, 5.41) is 10.6. The Kier molecular flexibility index (Phi) is 6.59. The van der Waals surface area contributed by atoms with Crippen LogP contribution in [0.3, 0.4) is 0 Å². The van der Waals surface area contributed by atoms with Crippen LogP contribution in [0.2, 0.25) is 0 Å². The van der Waals surface area contributed by atoms with Crippen LogP contribution in [0.25, 0.3) is 0 Å². The van der Waals surface area contributed by atoms with Gasteiger partial charge in [-0.15, -0.1) is 6.58 Å². The van der Waals surface area contributed by atoms with Crippen LogP contribution < -0.4 is 5.06 Å². The lowest BCUT2D eigenvalue weighted by molar-refractivity contribution is -0.137. The fourth-order valence-corrected chi connectivity index (χ4v) is 2.70. The van der Waals surface area contributed by atoms with Crippen molar-refractivity contribution in [1.29, 1.82) is 0 Å².